The van der Waals surface area contributed by atoms with Gasteiger partial charge in [-0.05, 0) is 122 Å². The van der Waals surface area contributed by atoms with Crippen molar-refractivity contribution in [1.29, 1.82) is 0 Å². The van der Waals surface area contributed by atoms with Gasteiger partial charge in [-0.1, -0.05) is 219 Å². The molecule has 0 aromatic heterocycles. The molecule has 12 nitrogen and oxygen atoms in total. The lowest BCUT2D eigenvalue weighted by Crippen LogP contribution is -2.61. The number of unbranched alkanes of at least 4 members (excludes halogenated alkanes) is 15. The van der Waals surface area contributed by atoms with E-state index in [0.29, 0.717) is 19.3 Å². The van der Waals surface area contributed by atoms with E-state index in [1.54, 1.807) is 0 Å². The van der Waals surface area contributed by atoms with Crippen LogP contribution in [-0.4, -0.2) is 89.2 Å². The van der Waals surface area contributed by atoms with Crippen LogP contribution in [0.3, 0.4) is 0 Å². The summed E-state index contributed by atoms with van der Waals surface area (Å²) in [6.07, 6.45) is 65.7. The van der Waals surface area contributed by atoms with Crippen LogP contribution in [0.15, 0.2) is 134 Å². The number of ether oxygens (including phenoxy) is 5. The van der Waals surface area contributed by atoms with Crippen LogP contribution in [0.25, 0.3) is 0 Å². The fraction of sp³-hybridized carbons (Fsp3) is 0.623. The molecule has 0 bridgehead atoms. The van der Waals surface area contributed by atoms with Gasteiger partial charge in [-0.15, -0.1) is 0 Å². The van der Waals surface area contributed by atoms with Crippen LogP contribution in [0, 0.1) is 0 Å². The zero-order chi connectivity index (χ0) is 58.9. The Labute approximate surface area is 490 Å². The SMILES string of the molecule is CC/C=C\C/C=C\C/C=C\C/C=C\C/C=C\C/C=C\CCC(=O)OCC(COC1OC(C(=O)O)C(O)C(O)C1OC(=O)CCCCCCC/C=C\CCCCCC)OC(=O)CCCCCCCC/C=C\C/C=C\C/C=C\C/C=C\CC. The number of esters is 3. The van der Waals surface area contributed by atoms with Crippen molar-refractivity contribution < 1.29 is 58.2 Å². The highest BCUT2D eigenvalue weighted by molar-refractivity contribution is 5.74. The van der Waals surface area contributed by atoms with Crippen LogP contribution in [-0.2, 0) is 42.9 Å². The Kier molecular flexibility index (Phi) is 50.5. The molecule has 3 N–H and O–H groups in total. The first-order valence-electron chi connectivity index (χ1n) is 31.2. The average molecular weight is 1130 g/mol. The largest absolute Gasteiger partial charge is 0.479 e. The van der Waals surface area contributed by atoms with Crippen molar-refractivity contribution in [3.63, 3.8) is 0 Å². The molecule has 0 saturated carbocycles. The topological polar surface area (TPSA) is 175 Å². The number of hydrogen-bond donors (Lipinski definition) is 3. The van der Waals surface area contributed by atoms with Gasteiger partial charge >= 0.3 is 23.9 Å². The van der Waals surface area contributed by atoms with Gasteiger partial charge in [0.05, 0.1) is 6.61 Å². The van der Waals surface area contributed by atoms with Crippen LogP contribution >= 0.6 is 0 Å². The molecule has 0 amide bonds. The van der Waals surface area contributed by atoms with Crippen LogP contribution in [0.1, 0.15) is 226 Å². The van der Waals surface area contributed by atoms with Crippen molar-refractivity contribution in [2.75, 3.05) is 13.2 Å². The second-order valence-electron chi connectivity index (χ2n) is 20.6. The molecule has 12 heteroatoms. The highest BCUT2D eigenvalue weighted by Crippen LogP contribution is 2.26. The van der Waals surface area contributed by atoms with E-state index in [-0.39, 0.29) is 25.9 Å². The molecule has 1 saturated heterocycles. The first kappa shape index (κ1) is 73.9. The molecule has 0 aliphatic carbocycles. The fourth-order valence-electron chi connectivity index (χ4n) is 8.50. The maximum atomic E-state index is 13.2. The molecule has 1 aliphatic rings. The number of carbonyl (C=O) groups is 4. The second kappa shape index (κ2) is 55.4. The number of rotatable bonds is 51. The van der Waals surface area contributed by atoms with Crippen molar-refractivity contribution in [3.05, 3.63) is 134 Å². The summed E-state index contributed by atoms with van der Waals surface area (Å²) in [5, 5.41) is 31.5. The van der Waals surface area contributed by atoms with E-state index in [4.69, 9.17) is 23.7 Å². The van der Waals surface area contributed by atoms with Gasteiger partial charge in [-0.2, -0.15) is 0 Å². The predicted octanol–water partition coefficient (Wildman–Crippen LogP) is 16.6. The van der Waals surface area contributed by atoms with Gasteiger partial charge < -0.3 is 39.0 Å². The fourth-order valence-corrected chi connectivity index (χ4v) is 8.50. The molecule has 6 unspecified atom stereocenters. The summed E-state index contributed by atoms with van der Waals surface area (Å²) in [5.41, 5.74) is 0. The molecular formula is C69H108O12. The van der Waals surface area contributed by atoms with Gasteiger partial charge in [-0.3, -0.25) is 14.4 Å². The summed E-state index contributed by atoms with van der Waals surface area (Å²) in [7, 11) is 0. The molecule has 1 aliphatic heterocycles. The Morgan fingerprint density at radius 2 is 0.802 bits per heavy atom. The Hall–Kier alpha value is -5.14. The van der Waals surface area contributed by atoms with Crippen LogP contribution in [0.4, 0.5) is 0 Å². The molecule has 0 radical (unpaired) electrons. The van der Waals surface area contributed by atoms with Crippen molar-refractivity contribution in [2.45, 2.75) is 263 Å². The van der Waals surface area contributed by atoms with E-state index in [1.165, 1.54) is 25.7 Å². The minimum Gasteiger partial charge on any atom is -0.479 e. The third-order valence-electron chi connectivity index (χ3n) is 13.2. The number of aliphatic hydroxyl groups excluding tert-OH is 2. The van der Waals surface area contributed by atoms with Gasteiger partial charge in [0.1, 0.15) is 18.8 Å². The Bertz CT molecular complexity index is 1920. The van der Waals surface area contributed by atoms with E-state index in [2.05, 4.69) is 142 Å². The molecule has 456 valence electrons. The van der Waals surface area contributed by atoms with Crippen LogP contribution in [0.5, 0.6) is 0 Å². The maximum Gasteiger partial charge on any atom is 0.335 e. The van der Waals surface area contributed by atoms with Crippen LogP contribution in [0.2, 0.25) is 0 Å². The van der Waals surface area contributed by atoms with E-state index in [1.807, 2.05) is 12.2 Å². The lowest BCUT2D eigenvalue weighted by molar-refractivity contribution is -0.301. The number of carboxylic acids is 1. The molecule has 81 heavy (non-hydrogen) atoms. The van der Waals surface area contributed by atoms with E-state index in [0.717, 1.165) is 141 Å². The van der Waals surface area contributed by atoms with Gasteiger partial charge in [0, 0.05) is 19.3 Å². The lowest BCUT2D eigenvalue weighted by atomic mass is 9.98. The van der Waals surface area contributed by atoms with Gasteiger partial charge in [-0.25, -0.2) is 4.79 Å². The van der Waals surface area contributed by atoms with Crippen molar-refractivity contribution in [3.8, 4) is 0 Å². The average Bonchev–Trinajstić information content (AvgIpc) is 3.46. The van der Waals surface area contributed by atoms with Crippen molar-refractivity contribution in [1.82, 2.24) is 0 Å². The highest BCUT2D eigenvalue weighted by Gasteiger charge is 2.50. The smallest absolute Gasteiger partial charge is 0.335 e. The molecule has 1 fully saturated rings. The zero-order valence-electron chi connectivity index (χ0n) is 50.2. The summed E-state index contributed by atoms with van der Waals surface area (Å²) in [6.45, 7) is 5.66. The first-order valence-corrected chi connectivity index (χ1v) is 31.2. The first-order chi connectivity index (χ1) is 39.6. The summed E-state index contributed by atoms with van der Waals surface area (Å²) in [4.78, 5) is 51.2. The van der Waals surface area contributed by atoms with E-state index < -0.39 is 67.3 Å². The molecule has 0 spiro atoms. The molecule has 1 heterocycles. The normalized spacial score (nSPS) is 18.7. The highest BCUT2D eigenvalue weighted by atomic mass is 16.7. The maximum absolute atomic E-state index is 13.2. The molecule has 0 aromatic carbocycles. The van der Waals surface area contributed by atoms with Gasteiger partial charge in [0.25, 0.3) is 0 Å². The van der Waals surface area contributed by atoms with Crippen LogP contribution < -0.4 is 0 Å². The summed E-state index contributed by atoms with van der Waals surface area (Å²) < 4.78 is 28.4. The number of carboxylic acid groups (broad SMARTS) is 1. The Morgan fingerprint density at radius 3 is 1.25 bits per heavy atom. The number of aliphatic hydroxyl groups is 2. The minimum atomic E-state index is -1.92. The third kappa shape index (κ3) is 45.1. The zero-order valence-corrected chi connectivity index (χ0v) is 50.2. The van der Waals surface area contributed by atoms with Gasteiger partial charge in [0.15, 0.2) is 24.6 Å². The minimum absolute atomic E-state index is 0.0346. The standard InChI is InChI=1S/C69H108O12/c1-4-7-10-13-16-19-22-25-27-29-31-33-35-38-40-43-46-49-52-55-61(70)77-58-60(79-62(71)56-53-50-47-44-42-39-36-34-32-30-28-26-23-20-17-14-11-8-5-2)59-78-69-67(65(74)64(73)66(81-69)68(75)76)80-63(72)57-54-51-48-45-41-37-24-21-18-15-12-9-6-3/h7-8,10-11,16-17,19-21,24-28,31-34,38,40,46,49,60,64-67,69,73-74H,4-6,9,12-15,18,22-23,29-30,35-37,39,41-45,47-48,50-59H2,1-3H3,(H,75,76)/b10-7-,11-8-,19-16-,20-17-,24-21-,27-25-,28-26-,33-31-,34-32-,40-38-,49-46-. The number of hydrogen-bond acceptors (Lipinski definition) is 11. The molecular weight excluding hydrogens is 1020 g/mol. The molecule has 0 aromatic rings. The number of allylic oxidation sites excluding steroid dienone is 22. The Balaban J connectivity index is 2.75. The monoisotopic (exact) mass is 1130 g/mol. The van der Waals surface area contributed by atoms with Gasteiger partial charge in [0.2, 0.25) is 0 Å². The van der Waals surface area contributed by atoms with E-state index >= 15 is 0 Å². The number of aliphatic carboxylic acids is 1. The van der Waals surface area contributed by atoms with Crippen molar-refractivity contribution in [2.24, 2.45) is 0 Å². The summed E-state index contributed by atoms with van der Waals surface area (Å²) in [5.74, 6) is -3.28. The van der Waals surface area contributed by atoms with E-state index in [9.17, 15) is 34.5 Å². The summed E-state index contributed by atoms with van der Waals surface area (Å²) >= 11 is 0. The van der Waals surface area contributed by atoms with Crippen molar-refractivity contribution >= 4 is 23.9 Å². The predicted molar refractivity (Wildman–Crippen MR) is 330 cm³/mol. The lowest BCUT2D eigenvalue weighted by Gasteiger charge is -2.40. The second-order valence-corrected chi connectivity index (χ2v) is 20.6. The molecule has 1 rings (SSSR count). The number of carbonyl (C=O) groups excluding carboxylic acids is 3. The Morgan fingerprint density at radius 1 is 0.420 bits per heavy atom. The quantitative estimate of drug-likeness (QED) is 0.0228. The molecule has 6 atom stereocenters. The third-order valence-corrected chi connectivity index (χ3v) is 13.2. The summed E-state index contributed by atoms with van der Waals surface area (Å²) in [6, 6.07) is 0.